The lowest BCUT2D eigenvalue weighted by Crippen LogP contribution is -2.38. The molecule has 1 aliphatic carbocycles. The van der Waals surface area contributed by atoms with Crippen molar-refractivity contribution in [3.05, 3.63) is 15.8 Å². The summed E-state index contributed by atoms with van der Waals surface area (Å²) in [6.07, 6.45) is 3.65. The largest absolute Gasteiger partial charge is 0.481 e. The first kappa shape index (κ1) is 15.3. The quantitative estimate of drug-likeness (QED) is 0.614. The van der Waals surface area contributed by atoms with Crippen molar-refractivity contribution in [2.24, 2.45) is 7.05 Å². The minimum Gasteiger partial charge on any atom is -0.481 e. The number of nitrogens with one attached hydrogen (secondary N) is 1. The van der Waals surface area contributed by atoms with Crippen LogP contribution in [-0.2, 0) is 18.3 Å². The first-order chi connectivity index (χ1) is 9.88. The van der Waals surface area contributed by atoms with Gasteiger partial charge in [0.15, 0.2) is 0 Å². The number of anilines is 1. The summed E-state index contributed by atoms with van der Waals surface area (Å²) < 4.78 is 1.44. The lowest BCUT2D eigenvalue weighted by atomic mass is 9.93. The van der Waals surface area contributed by atoms with E-state index in [1.165, 1.54) is 4.68 Å². The summed E-state index contributed by atoms with van der Waals surface area (Å²) in [7, 11) is 1.64. The van der Waals surface area contributed by atoms with Gasteiger partial charge in [0.2, 0.25) is 5.82 Å². The molecule has 1 heterocycles. The van der Waals surface area contributed by atoms with Crippen LogP contribution in [0.3, 0.4) is 0 Å². The fourth-order valence-electron chi connectivity index (χ4n) is 3.08. The van der Waals surface area contributed by atoms with Crippen LogP contribution in [0.2, 0.25) is 0 Å². The van der Waals surface area contributed by atoms with Crippen molar-refractivity contribution >= 4 is 17.5 Å². The van der Waals surface area contributed by atoms with Gasteiger partial charge in [0.1, 0.15) is 5.69 Å². The highest BCUT2D eigenvalue weighted by Gasteiger charge is 2.39. The molecule has 0 bridgehead atoms. The fourth-order valence-corrected chi connectivity index (χ4v) is 3.08. The van der Waals surface area contributed by atoms with Crippen LogP contribution in [0.15, 0.2) is 0 Å². The molecule has 0 aromatic carbocycles. The Bertz CT molecular complexity index is 561. The van der Waals surface area contributed by atoms with Gasteiger partial charge in [0, 0.05) is 12.6 Å². The lowest BCUT2D eigenvalue weighted by Gasteiger charge is -2.29. The molecule has 0 radical (unpaired) electrons. The van der Waals surface area contributed by atoms with E-state index in [0.29, 0.717) is 30.8 Å². The van der Waals surface area contributed by atoms with E-state index in [4.69, 9.17) is 5.11 Å². The molecule has 2 rings (SSSR count). The molecule has 1 aromatic heterocycles. The Kier molecular flexibility index (Phi) is 4.15. The van der Waals surface area contributed by atoms with Crippen LogP contribution in [0.25, 0.3) is 0 Å². The minimum absolute atomic E-state index is 0.0448. The first-order valence-corrected chi connectivity index (χ1v) is 7.09. The summed E-state index contributed by atoms with van der Waals surface area (Å²) in [5, 5.41) is 27.7. The SMILES string of the molecule is CCc1nn(C)c(NC2(CC(=O)O)CCCC2)c1[N+](=O)[O-]. The number of hydrogen-bond donors (Lipinski definition) is 2. The van der Waals surface area contributed by atoms with Crippen molar-refractivity contribution in [2.75, 3.05) is 5.32 Å². The Hall–Kier alpha value is -2.12. The molecule has 1 saturated carbocycles. The summed E-state index contributed by atoms with van der Waals surface area (Å²) in [5.41, 5.74) is -0.250. The summed E-state index contributed by atoms with van der Waals surface area (Å²) >= 11 is 0. The monoisotopic (exact) mass is 296 g/mol. The van der Waals surface area contributed by atoms with Gasteiger partial charge in [-0.05, 0) is 19.3 Å². The van der Waals surface area contributed by atoms with Gasteiger partial charge in [-0.1, -0.05) is 19.8 Å². The molecular formula is C13H20N4O4. The zero-order valence-electron chi connectivity index (χ0n) is 12.3. The van der Waals surface area contributed by atoms with Gasteiger partial charge in [0.05, 0.1) is 11.3 Å². The third-order valence-electron chi connectivity index (χ3n) is 4.04. The molecule has 8 nitrogen and oxygen atoms in total. The Labute approximate surface area is 122 Å². The van der Waals surface area contributed by atoms with E-state index in [1.54, 1.807) is 7.05 Å². The highest BCUT2D eigenvalue weighted by molar-refractivity contribution is 5.70. The molecule has 116 valence electrons. The van der Waals surface area contributed by atoms with E-state index in [9.17, 15) is 14.9 Å². The summed E-state index contributed by atoms with van der Waals surface area (Å²) in [6.45, 7) is 1.81. The van der Waals surface area contributed by atoms with Crippen molar-refractivity contribution in [2.45, 2.75) is 51.0 Å². The van der Waals surface area contributed by atoms with Crippen LogP contribution in [0.4, 0.5) is 11.5 Å². The molecule has 1 fully saturated rings. The van der Waals surface area contributed by atoms with Crippen molar-refractivity contribution in [1.29, 1.82) is 0 Å². The molecule has 0 aliphatic heterocycles. The zero-order chi connectivity index (χ0) is 15.6. The number of aryl methyl sites for hydroxylation is 2. The average Bonchev–Trinajstić information content (AvgIpc) is 2.95. The second-order valence-corrected chi connectivity index (χ2v) is 5.56. The second-order valence-electron chi connectivity index (χ2n) is 5.56. The third kappa shape index (κ3) is 2.98. The van der Waals surface area contributed by atoms with E-state index in [0.717, 1.165) is 12.8 Å². The van der Waals surface area contributed by atoms with Gasteiger partial charge in [0.25, 0.3) is 0 Å². The van der Waals surface area contributed by atoms with Crippen LogP contribution in [0.1, 0.15) is 44.7 Å². The highest BCUT2D eigenvalue weighted by atomic mass is 16.6. The Balaban J connectivity index is 2.39. The number of rotatable bonds is 6. The maximum absolute atomic E-state index is 11.3. The zero-order valence-corrected chi connectivity index (χ0v) is 12.3. The number of aliphatic carboxylic acids is 1. The van der Waals surface area contributed by atoms with E-state index in [2.05, 4.69) is 10.4 Å². The number of nitrogens with zero attached hydrogens (tertiary/aromatic N) is 3. The summed E-state index contributed by atoms with van der Waals surface area (Å²) in [6, 6.07) is 0. The molecule has 8 heteroatoms. The average molecular weight is 296 g/mol. The molecule has 1 aliphatic rings. The van der Waals surface area contributed by atoms with Gasteiger partial charge in [-0.3, -0.25) is 14.9 Å². The molecule has 21 heavy (non-hydrogen) atoms. The van der Waals surface area contributed by atoms with Gasteiger partial charge in [-0.15, -0.1) is 0 Å². The van der Waals surface area contributed by atoms with E-state index in [1.807, 2.05) is 6.92 Å². The van der Waals surface area contributed by atoms with Gasteiger partial charge < -0.3 is 10.4 Å². The molecule has 0 unspecified atom stereocenters. The fraction of sp³-hybridized carbons (Fsp3) is 0.692. The maximum atomic E-state index is 11.3. The molecule has 0 amide bonds. The first-order valence-electron chi connectivity index (χ1n) is 7.09. The lowest BCUT2D eigenvalue weighted by molar-refractivity contribution is -0.384. The summed E-state index contributed by atoms with van der Waals surface area (Å²) in [5.74, 6) is -0.593. The Morgan fingerprint density at radius 2 is 2.14 bits per heavy atom. The predicted molar refractivity (Wildman–Crippen MR) is 76.3 cm³/mol. The van der Waals surface area contributed by atoms with Gasteiger partial charge in [-0.25, -0.2) is 4.68 Å². The van der Waals surface area contributed by atoms with Crippen LogP contribution in [0.5, 0.6) is 0 Å². The molecule has 0 spiro atoms. The van der Waals surface area contributed by atoms with Gasteiger partial charge in [-0.2, -0.15) is 5.10 Å². The smallest absolute Gasteiger partial charge is 0.333 e. The third-order valence-corrected chi connectivity index (χ3v) is 4.04. The standard InChI is InChI=1S/C13H20N4O4/c1-3-9-11(17(20)21)12(16(2)15-9)14-13(8-10(18)19)6-4-5-7-13/h14H,3-8H2,1-2H3,(H,18,19). The predicted octanol–water partition coefficient (Wildman–Crippen LogP) is 2.09. The molecule has 1 aromatic rings. The van der Waals surface area contributed by atoms with Crippen molar-refractivity contribution in [3.63, 3.8) is 0 Å². The number of carbonyl (C=O) groups is 1. The molecule has 0 atom stereocenters. The van der Waals surface area contributed by atoms with E-state index >= 15 is 0 Å². The Morgan fingerprint density at radius 1 is 1.52 bits per heavy atom. The van der Waals surface area contributed by atoms with Crippen molar-refractivity contribution in [1.82, 2.24) is 9.78 Å². The highest BCUT2D eigenvalue weighted by Crippen LogP contribution is 2.39. The minimum atomic E-state index is -0.898. The van der Waals surface area contributed by atoms with Crippen LogP contribution in [0, 0.1) is 10.1 Å². The summed E-state index contributed by atoms with van der Waals surface area (Å²) in [4.78, 5) is 22.0. The Morgan fingerprint density at radius 3 is 2.62 bits per heavy atom. The van der Waals surface area contributed by atoms with Crippen molar-refractivity contribution in [3.8, 4) is 0 Å². The number of nitro groups is 1. The topological polar surface area (TPSA) is 110 Å². The maximum Gasteiger partial charge on any atom is 0.333 e. The second kappa shape index (κ2) is 5.71. The van der Waals surface area contributed by atoms with E-state index in [-0.39, 0.29) is 12.1 Å². The van der Waals surface area contributed by atoms with Gasteiger partial charge >= 0.3 is 11.7 Å². The van der Waals surface area contributed by atoms with E-state index < -0.39 is 16.4 Å². The van der Waals surface area contributed by atoms with Crippen LogP contribution >= 0.6 is 0 Å². The number of hydrogen-bond acceptors (Lipinski definition) is 5. The number of carboxylic acid groups (broad SMARTS) is 1. The molecule has 0 saturated heterocycles. The number of aromatic nitrogens is 2. The van der Waals surface area contributed by atoms with Crippen LogP contribution < -0.4 is 5.32 Å². The van der Waals surface area contributed by atoms with Crippen LogP contribution in [-0.4, -0.2) is 31.3 Å². The normalized spacial score (nSPS) is 16.9. The molecular weight excluding hydrogens is 276 g/mol. The number of carboxylic acids is 1. The van der Waals surface area contributed by atoms with Crippen molar-refractivity contribution < 1.29 is 14.8 Å². The molecule has 2 N–H and O–H groups in total.